The zero-order chi connectivity index (χ0) is 20.4. The molecule has 0 radical (unpaired) electrons. The first kappa shape index (κ1) is 18.0. The van der Waals surface area contributed by atoms with Gasteiger partial charge in [-0.2, -0.15) is 0 Å². The minimum atomic E-state index is -0.283. The van der Waals surface area contributed by atoms with Gasteiger partial charge in [0.25, 0.3) is 0 Å². The van der Waals surface area contributed by atoms with Crippen LogP contribution in [-0.2, 0) is 22.3 Å². The van der Waals surface area contributed by atoms with Gasteiger partial charge in [-0.25, -0.2) is 9.98 Å². The van der Waals surface area contributed by atoms with Crippen LogP contribution >= 0.6 is 0 Å². The van der Waals surface area contributed by atoms with Crippen LogP contribution in [0.1, 0.15) is 72.9 Å². The summed E-state index contributed by atoms with van der Waals surface area (Å²) in [7, 11) is 0. The van der Waals surface area contributed by atoms with Crippen LogP contribution < -0.4 is 0 Å². The van der Waals surface area contributed by atoms with Crippen LogP contribution in [0.2, 0.25) is 0 Å². The number of ether oxygens (including phenoxy) is 2. The van der Waals surface area contributed by atoms with Crippen molar-refractivity contribution in [1.29, 1.82) is 0 Å². The van der Waals surface area contributed by atoms with Crippen LogP contribution in [0.3, 0.4) is 0 Å². The number of nitrogens with zero attached hydrogens (tertiary/aromatic N) is 2. The van der Waals surface area contributed by atoms with E-state index in [1.807, 2.05) is 0 Å². The van der Waals surface area contributed by atoms with Crippen LogP contribution in [-0.4, -0.2) is 24.0 Å². The molecule has 0 saturated heterocycles. The minimum absolute atomic E-state index is 0.133. The first-order valence-corrected chi connectivity index (χ1v) is 12.0. The second-order valence-electron chi connectivity index (χ2n) is 9.87. The molecule has 158 valence electrons. The molecule has 1 saturated carbocycles. The van der Waals surface area contributed by atoms with E-state index in [1.165, 1.54) is 47.9 Å². The van der Waals surface area contributed by atoms with E-state index in [4.69, 9.17) is 19.5 Å². The third-order valence-electron chi connectivity index (χ3n) is 8.11. The lowest BCUT2D eigenvalue weighted by Gasteiger charge is -2.32. The average molecular weight is 413 g/mol. The number of fused-ring (bicyclic) bond motifs is 6. The highest BCUT2D eigenvalue weighted by Crippen LogP contribution is 2.50. The summed E-state index contributed by atoms with van der Waals surface area (Å²) in [6, 6.07) is 17.6. The molecule has 0 bridgehead atoms. The fraction of sp³-hybridized carbons (Fsp3) is 0.481. The summed E-state index contributed by atoms with van der Waals surface area (Å²) in [5.74, 6) is 1.82. The van der Waals surface area contributed by atoms with Crippen molar-refractivity contribution >= 4 is 11.8 Å². The normalized spacial score (nSPS) is 32.0. The third-order valence-corrected chi connectivity index (χ3v) is 8.11. The average Bonchev–Trinajstić information content (AvgIpc) is 3.50. The molecule has 2 aromatic rings. The van der Waals surface area contributed by atoms with Gasteiger partial charge < -0.3 is 9.47 Å². The van der Waals surface area contributed by atoms with Crippen LogP contribution in [0.5, 0.6) is 0 Å². The number of aliphatic imine (C=N–C) groups is 2. The van der Waals surface area contributed by atoms with E-state index in [9.17, 15) is 0 Å². The van der Waals surface area contributed by atoms with Crippen molar-refractivity contribution in [3.8, 4) is 0 Å². The van der Waals surface area contributed by atoms with E-state index < -0.39 is 0 Å². The number of hydrogen-bond acceptors (Lipinski definition) is 4. The Morgan fingerprint density at radius 2 is 1.13 bits per heavy atom. The Hall–Kier alpha value is -2.62. The van der Waals surface area contributed by atoms with Crippen molar-refractivity contribution < 1.29 is 9.47 Å². The van der Waals surface area contributed by atoms with E-state index >= 15 is 0 Å². The first-order valence-electron chi connectivity index (χ1n) is 12.0. The molecular formula is C27H28N2O2. The number of benzene rings is 2. The zero-order valence-corrected chi connectivity index (χ0v) is 17.8. The fourth-order valence-electron chi connectivity index (χ4n) is 6.52. The van der Waals surface area contributed by atoms with Gasteiger partial charge >= 0.3 is 0 Å². The molecule has 2 heterocycles. The van der Waals surface area contributed by atoms with Gasteiger partial charge in [0, 0.05) is 12.8 Å². The van der Waals surface area contributed by atoms with Gasteiger partial charge in [0.1, 0.15) is 29.7 Å². The highest BCUT2D eigenvalue weighted by atomic mass is 16.5. The molecule has 4 heteroatoms. The lowest BCUT2D eigenvalue weighted by atomic mass is 9.79. The van der Waals surface area contributed by atoms with Crippen LogP contribution in [0.15, 0.2) is 58.5 Å². The molecule has 7 rings (SSSR count). The van der Waals surface area contributed by atoms with Crippen LogP contribution in [0.4, 0.5) is 0 Å². The van der Waals surface area contributed by atoms with Crippen LogP contribution in [0.25, 0.3) is 0 Å². The molecule has 0 spiro atoms. The molecule has 4 nitrogen and oxygen atoms in total. The van der Waals surface area contributed by atoms with Gasteiger partial charge in [-0.1, -0.05) is 74.2 Å². The zero-order valence-electron chi connectivity index (χ0n) is 17.8. The Balaban J connectivity index is 1.29. The number of rotatable bonds is 2. The summed E-state index contributed by atoms with van der Waals surface area (Å²) < 4.78 is 13.3. The highest BCUT2D eigenvalue weighted by Gasteiger charge is 2.54. The molecule has 1 unspecified atom stereocenters. The van der Waals surface area contributed by atoms with E-state index in [0.29, 0.717) is 0 Å². The second-order valence-corrected chi connectivity index (χ2v) is 9.87. The largest absolute Gasteiger partial charge is 0.474 e. The summed E-state index contributed by atoms with van der Waals surface area (Å²) in [6.07, 6.45) is 9.15. The Morgan fingerprint density at radius 1 is 0.645 bits per heavy atom. The monoisotopic (exact) mass is 412 g/mol. The molecule has 4 atom stereocenters. The van der Waals surface area contributed by atoms with Crippen molar-refractivity contribution in [1.82, 2.24) is 0 Å². The van der Waals surface area contributed by atoms with Crippen molar-refractivity contribution in [2.75, 3.05) is 0 Å². The molecule has 3 aliphatic carbocycles. The SMILES string of the molecule is c1ccc2c(c1)C[C@@H]1OC(C3(C4=N[C@@H]5c6ccccc6C[C@@H]5O4)CCCCCC3)=NC21. The molecule has 2 aliphatic heterocycles. The Kier molecular flexibility index (Phi) is 3.88. The molecule has 0 N–H and O–H groups in total. The summed E-state index contributed by atoms with van der Waals surface area (Å²) >= 11 is 0. The maximum Gasteiger partial charge on any atom is 0.200 e. The van der Waals surface area contributed by atoms with E-state index in [0.717, 1.165) is 37.5 Å². The Bertz CT molecular complexity index is 1020. The van der Waals surface area contributed by atoms with Crippen LogP contribution in [0, 0.1) is 5.41 Å². The molecular weight excluding hydrogens is 384 g/mol. The van der Waals surface area contributed by atoms with Gasteiger partial charge in [-0.15, -0.1) is 0 Å². The predicted molar refractivity (Wildman–Crippen MR) is 121 cm³/mol. The topological polar surface area (TPSA) is 43.2 Å². The second kappa shape index (κ2) is 6.69. The lowest BCUT2D eigenvalue weighted by molar-refractivity contribution is 0.157. The Morgan fingerprint density at radius 3 is 1.65 bits per heavy atom. The molecule has 0 amide bonds. The minimum Gasteiger partial charge on any atom is -0.474 e. The van der Waals surface area contributed by atoms with E-state index in [2.05, 4.69) is 48.5 Å². The summed E-state index contributed by atoms with van der Waals surface area (Å²) in [6.45, 7) is 0. The van der Waals surface area contributed by atoms with Gasteiger partial charge in [0.2, 0.25) is 0 Å². The van der Waals surface area contributed by atoms with Crippen molar-refractivity contribution in [2.45, 2.75) is 75.7 Å². The van der Waals surface area contributed by atoms with Crippen molar-refractivity contribution in [3.05, 3.63) is 70.8 Å². The maximum absolute atomic E-state index is 6.66. The lowest BCUT2D eigenvalue weighted by Crippen LogP contribution is -2.41. The summed E-state index contributed by atoms with van der Waals surface area (Å²) in [5, 5.41) is 0. The van der Waals surface area contributed by atoms with Gasteiger partial charge in [-0.05, 0) is 35.1 Å². The van der Waals surface area contributed by atoms with Gasteiger partial charge in [0.15, 0.2) is 11.8 Å². The first-order chi connectivity index (χ1) is 15.3. The standard InChI is InChI=1S/C27H28N2O2/c1-2-8-14-27(13-7-1,25-28-23-19-11-5-3-9-17(19)15-21(23)30-25)26-29-24-20-12-6-4-10-18(20)16-22(24)31-26/h3-6,9-12,21-24H,1-2,7-8,13-16H2/t21-,22-,23+,24?/m0/s1. The molecule has 5 aliphatic rings. The maximum atomic E-state index is 6.66. The fourth-order valence-corrected chi connectivity index (χ4v) is 6.52. The van der Waals surface area contributed by atoms with Gasteiger partial charge in [0.05, 0.1) is 0 Å². The molecule has 1 fully saturated rings. The smallest absolute Gasteiger partial charge is 0.200 e. The molecule has 2 aromatic carbocycles. The predicted octanol–water partition coefficient (Wildman–Crippen LogP) is 5.52. The third kappa shape index (κ3) is 2.60. The highest BCUT2D eigenvalue weighted by molar-refractivity contribution is 6.06. The van der Waals surface area contributed by atoms with Crippen molar-refractivity contribution in [2.24, 2.45) is 15.4 Å². The van der Waals surface area contributed by atoms with Gasteiger partial charge in [-0.3, -0.25) is 0 Å². The quantitative estimate of drug-likeness (QED) is 0.610. The Labute approximate surface area is 183 Å². The molecule has 0 aromatic heterocycles. The van der Waals surface area contributed by atoms with E-state index in [1.54, 1.807) is 0 Å². The summed E-state index contributed by atoms with van der Waals surface area (Å²) in [5.41, 5.74) is 5.17. The molecule has 31 heavy (non-hydrogen) atoms. The van der Waals surface area contributed by atoms with E-state index in [-0.39, 0.29) is 29.7 Å². The summed E-state index contributed by atoms with van der Waals surface area (Å²) in [4.78, 5) is 10.5. The van der Waals surface area contributed by atoms with Crippen molar-refractivity contribution in [3.63, 3.8) is 0 Å². The number of hydrogen-bond donors (Lipinski definition) is 0.